The molecule has 5 amide bonds. The first-order valence-corrected chi connectivity index (χ1v) is 18.9. The van der Waals surface area contributed by atoms with Gasteiger partial charge < -0.3 is 41.2 Å². The summed E-state index contributed by atoms with van der Waals surface area (Å²) >= 11 is 13.6. The lowest BCUT2D eigenvalue weighted by molar-refractivity contribution is -0.154. The summed E-state index contributed by atoms with van der Waals surface area (Å²) in [5.74, 6) is -9.36. The summed E-state index contributed by atoms with van der Waals surface area (Å²) in [6, 6.07) is 1.27. The number of carboxylic acids is 2. The number of urea groups is 1. The number of carbonyl (C=O) groups is 8. The zero-order valence-corrected chi connectivity index (χ0v) is 31.7. The van der Waals surface area contributed by atoms with Gasteiger partial charge in [0.25, 0.3) is 5.91 Å². The number of rotatable bonds is 16. The number of carboxylic acid groups (broad SMARTS) is 2. The number of fused-ring (bicyclic) bond motifs is 1. The first-order valence-electron chi connectivity index (χ1n) is 16.5. The van der Waals surface area contributed by atoms with Crippen molar-refractivity contribution in [1.82, 2.24) is 30.5 Å². The van der Waals surface area contributed by atoms with Crippen LogP contribution in [0.5, 0.6) is 11.5 Å². The summed E-state index contributed by atoms with van der Waals surface area (Å²) in [4.78, 5) is 112. The number of benzene rings is 1. The molecule has 0 spiro atoms. The van der Waals surface area contributed by atoms with E-state index in [1.165, 1.54) is 11.0 Å². The van der Waals surface area contributed by atoms with Crippen molar-refractivity contribution >= 4 is 104 Å². The first kappa shape index (κ1) is 40.3. The number of thiazole rings is 1. The van der Waals surface area contributed by atoms with E-state index in [0.29, 0.717) is 0 Å². The lowest BCUT2D eigenvalue weighted by Gasteiger charge is -2.40. The Bertz CT molecular complexity index is 2110. The molecule has 25 heteroatoms. The maximum absolute atomic E-state index is 13.6. The number of nitrogens with zero attached hydrogens (tertiary/aromatic N) is 5. The average molecular weight is 858 g/mol. The second-order valence-electron chi connectivity index (χ2n) is 12.9. The number of aromatic hydroxyl groups is 2. The van der Waals surface area contributed by atoms with Crippen molar-refractivity contribution in [2.45, 2.75) is 47.9 Å². The number of β-lactam (4-membered cyclic amide) rings is 1. The van der Waals surface area contributed by atoms with Crippen molar-refractivity contribution in [3.05, 3.63) is 32.7 Å². The molecule has 298 valence electrons. The van der Waals surface area contributed by atoms with Gasteiger partial charge in [-0.2, -0.15) is 0 Å². The molecule has 4 fully saturated rings. The van der Waals surface area contributed by atoms with E-state index in [0.717, 1.165) is 39.1 Å². The van der Waals surface area contributed by atoms with Crippen LogP contribution in [0.2, 0.25) is 9.36 Å². The third-order valence-electron chi connectivity index (χ3n) is 9.33. The molecule has 3 saturated heterocycles. The fourth-order valence-corrected chi connectivity index (χ4v) is 8.94. The molecule has 1 aromatic carbocycles. The van der Waals surface area contributed by atoms with Gasteiger partial charge in [-0.05, 0) is 18.6 Å². The van der Waals surface area contributed by atoms with E-state index in [2.05, 4.69) is 20.9 Å². The van der Waals surface area contributed by atoms with Crippen LogP contribution in [0.15, 0.2) is 17.3 Å². The van der Waals surface area contributed by atoms with E-state index in [1.54, 1.807) is 0 Å². The highest BCUT2D eigenvalue weighted by Crippen LogP contribution is 2.53. The lowest BCUT2D eigenvalue weighted by Crippen LogP contribution is -2.60. The third kappa shape index (κ3) is 7.33. The van der Waals surface area contributed by atoms with Crippen LogP contribution in [0.1, 0.15) is 48.2 Å². The van der Waals surface area contributed by atoms with Gasteiger partial charge in [-0.25, -0.2) is 24.4 Å². The van der Waals surface area contributed by atoms with Crippen LogP contribution in [-0.4, -0.2) is 135 Å². The number of aliphatic carboxylic acids is 2. The number of hydrazine groups is 1. The number of nitrogens with one attached hydrogen (secondary N) is 2. The fraction of sp³-hybridized carbons (Fsp3) is 0.419. The number of nitrogens with two attached hydrogens (primary N) is 1. The predicted molar refractivity (Wildman–Crippen MR) is 194 cm³/mol. The van der Waals surface area contributed by atoms with E-state index in [1.807, 2.05) is 0 Å². The Labute approximate surface area is 332 Å². The number of phenolic OH excluding ortho intramolecular Hbond substituents is 2. The number of thioether (sulfide) groups is 1. The van der Waals surface area contributed by atoms with Crippen LogP contribution in [0.4, 0.5) is 9.93 Å². The van der Waals surface area contributed by atoms with E-state index >= 15 is 0 Å². The molecule has 21 nitrogen and oxygen atoms in total. The van der Waals surface area contributed by atoms with Crippen LogP contribution >= 0.6 is 46.3 Å². The maximum atomic E-state index is 13.6. The number of ketones is 2. The Morgan fingerprint density at radius 2 is 1.77 bits per heavy atom. The van der Waals surface area contributed by atoms with Gasteiger partial charge in [0.1, 0.15) is 10.0 Å². The molecule has 3 atom stereocenters. The average Bonchev–Trinajstić information content (AvgIpc) is 3.59. The van der Waals surface area contributed by atoms with E-state index < -0.39 is 99.2 Å². The molecule has 2 aromatic rings. The molecule has 6 rings (SSSR count). The van der Waals surface area contributed by atoms with Crippen molar-refractivity contribution in [3.8, 4) is 11.5 Å². The number of nitrogen functional groups attached to an aromatic ring is 1. The topological polar surface area (TPSA) is 312 Å². The zero-order valence-electron chi connectivity index (χ0n) is 28.5. The van der Waals surface area contributed by atoms with Crippen molar-refractivity contribution in [2.24, 2.45) is 11.1 Å². The summed E-state index contributed by atoms with van der Waals surface area (Å²) in [5, 5.41) is 44.7. The minimum atomic E-state index is -2.04. The Morgan fingerprint density at radius 1 is 1.05 bits per heavy atom. The molecule has 4 heterocycles. The summed E-state index contributed by atoms with van der Waals surface area (Å²) in [6.07, 6.45) is -0.639. The van der Waals surface area contributed by atoms with E-state index in [4.69, 9.17) is 33.8 Å². The van der Waals surface area contributed by atoms with Crippen molar-refractivity contribution < 1.29 is 63.6 Å². The SMILES string of the molecule is Nc1nc(/C(=N/OC2(C(=O)O)CC2)C(=O)C[C@@H]2C(=O)N3C[C@@](C(=O)O)(N4CCN(NC(=O)C(=O)CCCNC(=O)c5ccc(O)c(O)c5Cl)C4=O)S[C@H]23)c(Cl)s1. The van der Waals surface area contributed by atoms with E-state index in [-0.39, 0.29) is 71.1 Å². The highest BCUT2D eigenvalue weighted by atomic mass is 35.5. The minimum Gasteiger partial charge on any atom is -0.504 e. The molecule has 0 bridgehead atoms. The summed E-state index contributed by atoms with van der Waals surface area (Å²) < 4.78 is -0.0465. The standard InChI is InChI=1S/C31H30Cl2N8O13S2/c32-17-12(3-4-14(42)20(17)45)22(46)35-7-1-2-15(43)23(47)37-41-9-8-40(29(41)53)31(27(51)52)11-39-24(48)13(25(39)56-31)10-16(44)18(19-21(33)55-28(34)36-19)38-54-30(5-6-30)26(49)50/h3-4,13,25,42,45H,1-2,5-11H2,(H2,34,36)(H,35,46)(H,37,47)(H,49,50)(H,51,52)/b38-18+/t13-,25-,31-/m1/s1. The molecule has 56 heavy (non-hydrogen) atoms. The number of oxime groups is 1. The molecule has 4 aliphatic rings. The molecule has 3 aliphatic heterocycles. The van der Waals surface area contributed by atoms with Gasteiger partial charge >= 0.3 is 23.9 Å². The second-order valence-corrected chi connectivity index (χ2v) is 16.3. The number of aromatic nitrogens is 1. The molecule has 8 N–H and O–H groups in total. The van der Waals surface area contributed by atoms with Gasteiger partial charge in [0, 0.05) is 38.8 Å². The number of Topliss-reactive ketones (excluding diaryl/α,β-unsaturated/α-hetero) is 2. The molecular weight excluding hydrogens is 827 g/mol. The summed E-state index contributed by atoms with van der Waals surface area (Å²) in [6.45, 7) is -1.00. The van der Waals surface area contributed by atoms with Crippen LogP contribution < -0.4 is 16.5 Å². The number of halogens is 2. The van der Waals surface area contributed by atoms with Crippen LogP contribution in [0.3, 0.4) is 0 Å². The van der Waals surface area contributed by atoms with Gasteiger partial charge in [0.15, 0.2) is 28.1 Å². The first-order chi connectivity index (χ1) is 26.4. The van der Waals surface area contributed by atoms with Gasteiger partial charge in [0.2, 0.25) is 22.2 Å². The van der Waals surface area contributed by atoms with Crippen LogP contribution in [0.25, 0.3) is 0 Å². The van der Waals surface area contributed by atoms with Crippen molar-refractivity contribution in [2.75, 3.05) is 31.9 Å². The number of phenols is 2. The summed E-state index contributed by atoms with van der Waals surface area (Å²) in [7, 11) is 0. The number of hydrogen-bond acceptors (Lipinski definition) is 16. The maximum Gasteiger partial charge on any atom is 0.350 e. The largest absolute Gasteiger partial charge is 0.504 e. The van der Waals surface area contributed by atoms with E-state index in [9.17, 15) is 58.8 Å². The molecular formula is C31H30Cl2N8O13S2. The van der Waals surface area contributed by atoms with Gasteiger partial charge in [-0.1, -0.05) is 51.5 Å². The van der Waals surface area contributed by atoms with Gasteiger partial charge in [-0.15, -0.1) is 0 Å². The predicted octanol–water partition coefficient (Wildman–Crippen LogP) is 0.601. The number of hydrogen-bond donors (Lipinski definition) is 7. The molecule has 1 aliphatic carbocycles. The Hall–Kier alpha value is -5.39. The highest BCUT2D eigenvalue weighted by molar-refractivity contribution is 8.02. The monoisotopic (exact) mass is 856 g/mol. The minimum absolute atomic E-state index is 0.0121. The number of anilines is 1. The second kappa shape index (κ2) is 15.3. The molecule has 0 unspecified atom stereocenters. The molecule has 1 saturated carbocycles. The Balaban J connectivity index is 1.05. The van der Waals surface area contributed by atoms with Crippen molar-refractivity contribution in [3.63, 3.8) is 0 Å². The van der Waals surface area contributed by atoms with Gasteiger partial charge in [-0.3, -0.25) is 34.3 Å². The zero-order chi connectivity index (χ0) is 40.9. The smallest absolute Gasteiger partial charge is 0.350 e. The summed E-state index contributed by atoms with van der Waals surface area (Å²) in [5.41, 5.74) is 5.46. The van der Waals surface area contributed by atoms with Crippen molar-refractivity contribution in [1.29, 1.82) is 0 Å². The lowest BCUT2D eigenvalue weighted by atomic mass is 9.90. The Kier molecular flexibility index (Phi) is 11.0. The molecule has 0 radical (unpaired) electrons. The van der Waals surface area contributed by atoms with Gasteiger partial charge in [0.05, 0.1) is 35.0 Å². The third-order valence-corrected chi connectivity index (χ3v) is 12.5. The van der Waals surface area contributed by atoms with Crippen LogP contribution in [-0.2, 0) is 33.6 Å². The molecule has 1 aromatic heterocycles. The normalized spacial score (nSPS) is 22.3. The quantitative estimate of drug-likeness (QED) is 0.0304. The Morgan fingerprint density at radius 3 is 2.39 bits per heavy atom. The number of carbonyl (C=O) groups excluding carboxylic acids is 6. The van der Waals surface area contributed by atoms with Crippen LogP contribution in [0, 0.1) is 5.92 Å². The fourth-order valence-electron chi connectivity index (χ4n) is 6.07. The number of amides is 5. The highest BCUT2D eigenvalue weighted by Gasteiger charge is 2.66.